The van der Waals surface area contributed by atoms with E-state index in [1.54, 1.807) is 18.9 Å². The van der Waals surface area contributed by atoms with Crippen LogP contribution in [0.5, 0.6) is 0 Å². The Balaban J connectivity index is 0. The number of fused-ring (bicyclic) bond motifs is 1. The molecule has 1 N–H and O–H groups in total. The number of ether oxygens (including phenoxy) is 1. The molecule has 1 aliphatic heterocycles. The van der Waals surface area contributed by atoms with Crippen molar-refractivity contribution in [1.29, 1.82) is 0 Å². The van der Waals surface area contributed by atoms with Gasteiger partial charge >= 0.3 is 0 Å². The summed E-state index contributed by atoms with van der Waals surface area (Å²) in [4.78, 5) is 14.8. The van der Waals surface area contributed by atoms with Crippen LogP contribution in [0.25, 0.3) is 0 Å². The summed E-state index contributed by atoms with van der Waals surface area (Å²) in [5.74, 6) is 0.969. The van der Waals surface area contributed by atoms with Crippen LogP contribution in [0.4, 0.5) is 5.69 Å². The number of nitrogens with one attached hydrogen (secondary N) is 1. The normalized spacial score (nSPS) is 10.5. The monoisotopic (exact) mass is 312 g/mol. The van der Waals surface area contributed by atoms with Crippen LogP contribution in [0.15, 0.2) is 28.1 Å². The number of carbonyl (C=O) groups is 1. The number of aliphatic imine (C=N–C) groups is 1. The molecule has 0 saturated heterocycles. The molecule has 0 amide bonds. The lowest BCUT2D eigenvalue weighted by Gasteiger charge is -2.13. The standard InChI is InChI=1S/C9H10N2S.C3H6O2.2C2H6/c1-6-3-4-8-9(5-6)12-11-7(2)10-8;1-2-5-3-4;2*1-2/h3-5H,1-2H3,(H,10,11);3H,2H2,1H3;2*1-2H3. The fraction of sp³-hybridized carbons (Fsp3) is 0.500. The molecule has 0 unspecified atom stereocenters. The molecule has 0 atom stereocenters. The lowest BCUT2D eigenvalue weighted by atomic mass is 10.2. The van der Waals surface area contributed by atoms with Gasteiger partial charge in [0.2, 0.25) is 0 Å². The van der Waals surface area contributed by atoms with Gasteiger partial charge in [-0.25, -0.2) is 4.99 Å². The van der Waals surface area contributed by atoms with E-state index < -0.39 is 0 Å². The number of hydrogen-bond acceptors (Lipinski definition) is 5. The summed E-state index contributed by atoms with van der Waals surface area (Å²) in [5.41, 5.74) is 2.35. The zero-order valence-electron chi connectivity index (χ0n) is 14.2. The lowest BCUT2D eigenvalue weighted by molar-refractivity contribution is -0.128. The van der Waals surface area contributed by atoms with E-state index in [1.807, 2.05) is 34.6 Å². The van der Waals surface area contributed by atoms with Crippen LogP contribution >= 0.6 is 11.9 Å². The van der Waals surface area contributed by atoms with Crippen molar-refractivity contribution in [3.05, 3.63) is 23.8 Å². The molecule has 1 aromatic rings. The van der Waals surface area contributed by atoms with Gasteiger partial charge in [-0.2, -0.15) is 0 Å². The van der Waals surface area contributed by atoms with E-state index in [1.165, 1.54) is 10.5 Å². The third-order valence-corrected chi connectivity index (χ3v) is 2.89. The maximum Gasteiger partial charge on any atom is 0.293 e. The number of rotatable bonds is 2. The second kappa shape index (κ2) is 14.9. The highest BCUT2D eigenvalue weighted by atomic mass is 32.2. The van der Waals surface area contributed by atoms with E-state index in [0.29, 0.717) is 13.1 Å². The second-order valence-corrected chi connectivity index (χ2v) is 4.27. The maximum absolute atomic E-state index is 9.18. The molecule has 21 heavy (non-hydrogen) atoms. The van der Waals surface area contributed by atoms with Crippen molar-refractivity contribution < 1.29 is 9.53 Å². The topological polar surface area (TPSA) is 50.7 Å². The highest BCUT2D eigenvalue weighted by Gasteiger charge is 2.08. The molecule has 4 nitrogen and oxygen atoms in total. The molecule has 0 aromatic heterocycles. The predicted molar refractivity (Wildman–Crippen MR) is 93.3 cm³/mol. The highest BCUT2D eigenvalue weighted by molar-refractivity contribution is 7.98. The van der Waals surface area contributed by atoms with Crippen LogP contribution in [0.1, 0.15) is 47.1 Å². The summed E-state index contributed by atoms with van der Waals surface area (Å²) < 4.78 is 7.28. The molecule has 1 aromatic carbocycles. The SMILES string of the molecule is CC.CC.CC1=Nc2ccc(C)cc2SN1.CCOC=O. The van der Waals surface area contributed by atoms with E-state index >= 15 is 0 Å². The summed E-state index contributed by atoms with van der Waals surface area (Å²) in [7, 11) is 0. The summed E-state index contributed by atoms with van der Waals surface area (Å²) in [5, 5.41) is 0. The molecular formula is C16H28N2O2S. The first-order valence-electron chi connectivity index (χ1n) is 7.31. The van der Waals surface area contributed by atoms with Gasteiger partial charge in [0, 0.05) is 0 Å². The first kappa shape index (κ1) is 21.8. The Hall–Kier alpha value is -1.49. The van der Waals surface area contributed by atoms with Crippen LogP contribution in [0, 0.1) is 6.92 Å². The Labute approximate surface area is 133 Å². The maximum atomic E-state index is 9.18. The van der Waals surface area contributed by atoms with Crippen molar-refractivity contribution in [2.75, 3.05) is 6.61 Å². The molecule has 1 aliphatic rings. The molecule has 0 bridgehead atoms. The minimum absolute atomic E-state index is 0.431. The van der Waals surface area contributed by atoms with Gasteiger partial charge in [0.25, 0.3) is 6.47 Å². The Morgan fingerprint density at radius 3 is 2.33 bits per heavy atom. The van der Waals surface area contributed by atoms with Crippen LogP contribution in [-0.4, -0.2) is 18.9 Å². The molecule has 120 valence electrons. The zero-order chi connectivity index (χ0) is 16.7. The Kier molecular flexibility index (Phi) is 15.5. The Bertz CT molecular complexity index is 421. The molecule has 0 saturated carbocycles. The zero-order valence-corrected chi connectivity index (χ0v) is 15.0. The molecule has 1 heterocycles. The van der Waals surface area contributed by atoms with Gasteiger partial charge in [0.05, 0.1) is 17.2 Å². The first-order chi connectivity index (χ1) is 10.2. The van der Waals surface area contributed by atoms with Crippen molar-refractivity contribution in [1.82, 2.24) is 4.72 Å². The predicted octanol–water partition coefficient (Wildman–Crippen LogP) is 4.89. The quantitative estimate of drug-likeness (QED) is 0.624. The molecule has 5 heteroatoms. The average Bonchev–Trinajstić information content (AvgIpc) is 2.53. The number of benzene rings is 1. The van der Waals surface area contributed by atoms with Crippen LogP contribution in [0.3, 0.4) is 0 Å². The van der Waals surface area contributed by atoms with Gasteiger partial charge in [-0.15, -0.1) is 0 Å². The molecule has 0 radical (unpaired) electrons. The van der Waals surface area contributed by atoms with Crippen molar-refractivity contribution in [3.8, 4) is 0 Å². The van der Waals surface area contributed by atoms with Crippen LogP contribution < -0.4 is 4.72 Å². The van der Waals surface area contributed by atoms with E-state index in [-0.39, 0.29) is 0 Å². The van der Waals surface area contributed by atoms with E-state index in [4.69, 9.17) is 0 Å². The van der Waals surface area contributed by atoms with Crippen molar-refractivity contribution in [2.45, 2.75) is 53.4 Å². The number of amidine groups is 1. The largest absolute Gasteiger partial charge is 0.468 e. The van der Waals surface area contributed by atoms with E-state index in [0.717, 1.165) is 11.5 Å². The number of nitrogens with zero attached hydrogens (tertiary/aromatic N) is 1. The van der Waals surface area contributed by atoms with Crippen LogP contribution in [0.2, 0.25) is 0 Å². The van der Waals surface area contributed by atoms with Crippen molar-refractivity contribution in [2.24, 2.45) is 4.99 Å². The van der Waals surface area contributed by atoms with Crippen molar-refractivity contribution >= 4 is 29.9 Å². The van der Waals surface area contributed by atoms with Gasteiger partial charge in [0.1, 0.15) is 5.84 Å². The van der Waals surface area contributed by atoms with E-state index in [9.17, 15) is 4.79 Å². The Morgan fingerprint density at radius 1 is 1.24 bits per heavy atom. The first-order valence-corrected chi connectivity index (χ1v) is 8.13. The van der Waals surface area contributed by atoms with Gasteiger partial charge in [-0.05, 0) is 50.4 Å². The third kappa shape index (κ3) is 9.96. The fourth-order valence-corrected chi connectivity index (χ4v) is 1.96. The second-order valence-electron chi connectivity index (χ2n) is 3.42. The van der Waals surface area contributed by atoms with Crippen molar-refractivity contribution in [3.63, 3.8) is 0 Å². The smallest absolute Gasteiger partial charge is 0.293 e. The number of aryl methyl sites for hydroxylation is 1. The molecule has 0 fully saturated rings. The highest BCUT2D eigenvalue weighted by Crippen LogP contribution is 2.31. The lowest BCUT2D eigenvalue weighted by Crippen LogP contribution is -2.13. The number of hydrogen-bond donors (Lipinski definition) is 1. The summed E-state index contributed by atoms with van der Waals surface area (Å²) >= 11 is 1.63. The Morgan fingerprint density at radius 2 is 1.86 bits per heavy atom. The van der Waals surface area contributed by atoms with Gasteiger partial charge in [0.15, 0.2) is 0 Å². The summed E-state index contributed by atoms with van der Waals surface area (Å²) in [6.45, 7) is 14.7. The molecule has 0 spiro atoms. The third-order valence-electron chi connectivity index (χ3n) is 1.95. The molecule has 0 aliphatic carbocycles. The molecule has 2 rings (SSSR count). The average molecular weight is 312 g/mol. The van der Waals surface area contributed by atoms with Gasteiger partial charge < -0.3 is 9.46 Å². The number of carbonyl (C=O) groups excluding carboxylic acids is 1. The fourth-order valence-electron chi connectivity index (χ4n) is 1.20. The summed E-state index contributed by atoms with van der Waals surface area (Å²) in [6, 6.07) is 6.28. The van der Waals surface area contributed by atoms with E-state index in [2.05, 4.69) is 39.6 Å². The molecular weight excluding hydrogens is 284 g/mol. The minimum Gasteiger partial charge on any atom is -0.468 e. The van der Waals surface area contributed by atoms with Gasteiger partial charge in [-0.3, -0.25) is 4.79 Å². The minimum atomic E-state index is 0.431. The summed E-state index contributed by atoms with van der Waals surface area (Å²) in [6.07, 6.45) is 0. The van der Waals surface area contributed by atoms with Crippen LogP contribution in [-0.2, 0) is 9.53 Å². The van der Waals surface area contributed by atoms with Gasteiger partial charge in [-0.1, -0.05) is 33.8 Å².